The van der Waals surface area contributed by atoms with Crippen molar-refractivity contribution in [1.82, 2.24) is 9.71 Å². The van der Waals surface area contributed by atoms with Gasteiger partial charge in [0.05, 0.1) is 34.7 Å². The third-order valence-corrected chi connectivity index (χ3v) is 6.39. The lowest BCUT2D eigenvalue weighted by molar-refractivity contribution is -0.146. The highest BCUT2D eigenvalue weighted by Gasteiger charge is 2.32. The van der Waals surface area contributed by atoms with Crippen molar-refractivity contribution in [2.24, 2.45) is 0 Å². The molecule has 0 unspecified atom stereocenters. The third-order valence-electron chi connectivity index (χ3n) is 4.93. The zero-order chi connectivity index (χ0) is 26.6. The van der Waals surface area contributed by atoms with E-state index in [2.05, 4.69) is 4.98 Å². The Balaban J connectivity index is 1.98. The van der Waals surface area contributed by atoms with Crippen LogP contribution < -0.4 is 4.72 Å². The summed E-state index contributed by atoms with van der Waals surface area (Å²) in [7, 11) is -4.32. The van der Waals surface area contributed by atoms with Gasteiger partial charge in [-0.25, -0.2) is 17.9 Å². The number of hydrogen-bond acceptors (Lipinski definition) is 7. The quantitative estimate of drug-likeness (QED) is 0.364. The SMILES string of the molecule is CCOC(=O)c1c(C)[nH]c(C(=O)[C@@H](C)OC(=O)CCNS(=O)(=O)c2cccc(C(F)(F)F)c2)c1C. The van der Waals surface area contributed by atoms with Gasteiger partial charge in [-0.1, -0.05) is 6.07 Å². The topological polar surface area (TPSA) is 132 Å². The Bertz CT molecular complexity index is 1220. The van der Waals surface area contributed by atoms with E-state index in [1.54, 1.807) is 20.8 Å². The highest BCUT2D eigenvalue weighted by atomic mass is 32.2. The van der Waals surface area contributed by atoms with E-state index in [0.29, 0.717) is 17.3 Å². The van der Waals surface area contributed by atoms with Gasteiger partial charge in [0, 0.05) is 12.2 Å². The first kappa shape index (κ1) is 28.1. The van der Waals surface area contributed by atoms with Crippen molar-refractivity contribution < 1.29 is 45.4 Å². The minimum atomic E-state index is -4.72. The Kier molecular flexibility index (Phi) is 8.84. The zero-order valence-corrected chi connectivity index (χ0v) is 20.2. The highest BCUT2D eigenvalue weighted by molar-refractivity contribution is 7.89. The van der Waals surface area contributed by atoms with E-state index in [1.165, 1.54) is 6.92 Å². The van der Waals surface area contributed by atoms with E-state index in [9.17, 15) is 36.0 Å². The predicted octanol–water partition coefficient (Wildman–Crippen LogP) is 3.31. The fraction of sp³-hybridized carbons (Fsp3) is 0.409. The molecule has 35 heavy (non-hydrogen) atoms. The van der Waals surface area contributed by atoms with Gasteiger partial charge in [-0.3, -0.25) is 9.59 Å². The van der Waals surface area contributed by atoms with Crippen molar-refractivity contribution in [3.63, 3.8) is 0 Å². The molecule has 1 aromatic carbocycles. The second-order valence-corrected chi connectivity index (χ2v) is 9.28. The summed E-state index contributed by atoms with van der Waals surface area (Å²) in [5.41, 5.74) is -0.114. The molecular formula is C22H25F3N2O7S. The minimum Gasteiger partial charge on any atom is -0.462 e. The van der Waals surface area contributed by atoms with Crippen molar-refractivity contribution >= 4 is 27.7 Å². The van der Waals surface area contributed by atoms with Crippen LogP contribution in [0, 0.1) is 13.8 Å². The molecule has 2 rings (SSSR count). The highest BCUT2D eigenvalue weighted by Crippen LogP contribution is 2.30. The molecule has 1 heterocycles. The smallest absolute Gasteiger partial charge is 0.416 e. The number of H-pyrrole nitrogens is 1. The van der Waals surface area contributed by atoms with Crippen LogP contribution in [0.15, 0.2) is 29.2 Å². The van der Waals surface area contributed by atoms with Gasteiger partial charge in [0.15, 0.2) is 6.10 Å². The molecule has 192 valence electrons. The summed E-state index contributed by atoms with van der Waals surface area (Å²) in [6.07, 6.45) is -6.45. The maximum Gasteiger partial charge on any atom is 0.416 e. The molecule has 0 saturated heterocycles. The number of ketones is 1. The number of carbonyl (C=O) groups is 3. The van der Waals surface area contributed by atoms with Gasteiger partial charge in [-0.15, -0.1) is 0 Å². The van der Waals surface area contributed by atoms with Crippen LogP contribution in [-0.4, -0.2) is 50.4 Å². The number of rotatable bonds is 10. The van der Waals surface area contributed by atoms with Crippen LogP contribution in [-0.2, 0) is 30.5 Å². The van der Waals surface area contributed by atoms with Crippen LogP contribution in [0.25, 0.3) is 0 Å². The van der Waals surface area contributed by atoms with Gasteiger partial charge in [0.2, 0.25) is 15.8 Å². The molecule has 9 nitrogen and oxygen atoms in total. The Morgan fingerprint density at radius 1 is 1.17 bits per heavy atom. The molecule has 2 aromatic rings. The lowest BCUT2D eigenvalue weighted by atomic mass is 10.1. The molecule has 1 atom stereocenters. The van der Waals surface area contributed by atoms with E-state index in [1.807, 2.05) is 4.72 Å². The number of aromatic amines is 1. The minimum absolute atomic E-state index is 0.0658. The second-order valence-electron chi connectivity index (χ2n) is 7.52. The third kappa shape index (κ3) is 6.92. The molecule has 0 spiro atoms. The summed E-state index contributed by atoms with van der Waals surface area (Å²) in [5.74, 6) is -2.13. The number of hydrogen-bond donors (Lipinski definition) is 2. The molecule has 1 aromatic heterocycles. The number of alkyl halides is 3. The number of benzene rings is 1. The summed E-state index contributed by atoms with van der Waals surface area (Å²) in [6, 6.07) is 3.16. The van der Waals surface area contributed by atoms with Crippen LogP contribution in [0.4, 0.5) is 13.2 Å². The first-order valence-electron chi connectivity index (χ1n) is 10.5. The van der Waals surface area contributed by atoms with Gasteiger partial charge in [-0.05, 0) is 51.5 Å². The molecular weight excluding hydrogens is 493 g/mol. The van der Waals surface area contributed by atoms with E-state index in [-0.39, 0.29) is 17.9 Å². The van der Waals surface area contributed by atoms with E-state index < -0.39 is 63.4 Å². The largest absolute Gasteiger partial charge is 0.462 e. The summed E-state index contributed by atoms with van der Waals surface area (Å²) >= 11 is 0. The lowest BCUT2D eigenvalue weighted by Gasteiger charge is -2.13. The van der Waals surface area contributed by atoms with Crippen molar-refractivity contribution in [3.05, 3.63) is 52.3 Å². The summed E-state index contributed by atoms with van der Waals surface area (Å²) < 4.78 is 75.0. The molecule has 0 fully saturated rings. The summed E-state index contributed by atoms with van der Waals surface area (Å²) in [4.78, 5) is 39.1. The van der Waals surface area contributed by atoms with Gasteiger partial charge in [-0.2, -0.15) is 13.2 Å². The average molecular weight is 519 g/mol. The second kappa shape index (κ2) is 11.0. The first-order valence-corrected chi connectivity index (χ1v) is 11.9. The normalized spacial score (nSPS) is 12.8. The molecule has 0 amide bonds. The van der Waals surface area contributed by atoms with Crippen molar-refractivity contribution in [1.29, 1.82) is 0 Å². The zero-order valence-electron chi connectivity index (χ0n) is 19.4. The molecule has 0 radical (unpaired) electrons. The Labute approximate surface area is 200 Å². The lowest BCUT2D eigenvalue weighted by Crippen LogP contribution is -2.30. The number of nitrogens with one attached hydrogen (secondary N) is 2. The molecule has 0 aliphatic rings. The molecule has 13 heteroatoms. The molecule has 0 aliphatic heterocycles. The van der Waals surface area contributed by atoms with Crippen LogP contribution >= 0.6 is 0 Å². The maximum absolute atomic E-state index is 12.8. The molecule has 0 saturated carbocycles. The number of halogens is 3. The van der Waals surface area contributed by atoms with Crippen molar-refractivity contribution in [3.8, 4) is 0 Å². The fourth-order valence-electron chi connectivity index (χ4n) is 3.23. The first-order chi connectivity index (χ1) is 16.2. The van der Waals surface area contributed by atoms with Crippen molar-refractivity contribution in [2.75, 3.05) is 13.2 Å². The van der Waals surface area contributed by atoms with Gasteiger partial charge in [0.1, 0.15) is 0 Å². The number of sulfonamides is 1. The van der Waals surface area contributed by atoms with Crippen LogP contribution in [0.3, 0.4) is 0 Å². The monoisotopic (exact) mass is 518 g/mol. The van der Waals surface area contributed by atoms with E-state index in [4.69, 9.17) is 9.47 Å². The maximum atomic E-state index is 12.8. The van der Waals surface area contributed by atoms with Crippen LogP contribution in [0.1, 0.15) is 57.9 Å². The average Bonchev–Trinajstić information content (AvgIpc) is 3.06. The number of carbonyl (C=O) groups excluding carboxylic acids is 3. The Hall–Kier alpha value is -3.19. The van der Waals surface area contributed by atoms with Crippen LogP contribution in [0.5, 0.6) is 0 Å². The van der Waals surface area contributed by atoms with Gasteiger partial charge >= 0.3 is 18.1 Å². The van der Waals surface area contributed by atoms with Gasteiger partial charge < -0.3 is 14.5 Å². The number of esters is 2. The summed E-state index contributed by atoms with van der Waals surface area (Å²) in [6.45, 7) is 5.77. The standard InChI is InChI=1S/C22H25F3N2O7S/c1-5-33-21(30)18-12(2)19(27-13(18)3)20(29)14(4)34-17(28)9-10-26-35(31,32)16-8-6-7-15(11-16)22(23,24)25/h6-8,11,14,26-27H,5,9-10H2,1-4H3/t14-/m1/s1. The number of aromatic nitrogens is 1. The molecule has 0 aliphatic carbocycles. The molecule has 2 N–H and O–H groups in total. The van der Waals surface area contributed by atoms with Gasteiger partial charge in [0.25, 0.3) is 0 Å². The Morgan fingerprint density at radius 3 is 2.43 bits per heavy atom. The van der Waals surface area contributed by atoms with Crippen LogP contribution in [0.2, 0.25) is 0 Å². The fourth-order valence-corrected chi connectivity index (χ4v) is 4.31. The summed E-state index contributed by atoms with van der Waals surface area (Å²) in [5, 5.41) is 0. The van der Waals surface area contributed by atoms with E-state index in [0.717, 1.165) is 18.2 Å². The number of Topliss-reactive ketones (excluding diaryl/α,β-unsaturated/α-hetero) is 1. The Morgan fingerprint density at radius 2 is 1.83 bits per heavy atom. The van der Waals surface area contributed by atoms with Crippen molar-refractivity contribution in [2.45, 2.75) is 51.3 Å². The van der Waals surface area contributed by atoms with E-state index >= 15 is 0 Å². The number of ether oxygens (including phenoxy) is 2. The number of aryl methyl sites for hydroxylation is 1. The molecule has 0 bridgehead atoms. The predicted molar refractivity (Wildman–Crippen MR) is 117 cm³/mol.